The van der Waals surface area contributed by atoms with E-state index in [0.29, 0.717) is 28.2 Å². The lowest BCUT2D eigenvalue weighted by atomic mass is 9.88. The summed E-state index contributed by atoms with van der Waals surface area (Å²) < 4.78 is 34.7. The number of aryl methyl sites for hydroxylation is 1. The van der Waals surface area contributed by atoms with Gasteiger partial charge in [-0.1, -0.05) is 30.3 Å². The summed E-state index contributed by atoms with van der Waals surface area (Å²) in [5.41, 5.74) is 3.06. The number of hydrogen-bond acceptors (Lipinski definition) is 5. The third-order valence-electron chi connectivity index (χ3n) is 4.80. The van der Waals surface area contributed by atoms with Crippen molar-refractivity contribution < 1.29 is 23.0 Å². The Kier molecular flexibility index (Phi) is 5.23. The topological polar surface area (TPSA) is 98.9 Å². The molecule has 148 valence electrons. The summed E-state index contributed by atoms with van der Waals surface area (Å²) >= 11 is 0. The molecule has 0 saturated carbocycles. The second-order valence-corrected chi connectivity index (χ2v) is 8.33. The highest BCUT2D eigenvalue weighted by Gasteiger charge is 2.24. The second kappa shape index (κ2) is 7.33. The van der Waals surface area contributed by atoms with E-state index in [1.54, 1.807) is 19.2 Å². The summed E-state index contributed by atoms with van der Waals surface area (Å²) in [6, 6.07) is 11.0. The van der Waals surface area contributed by atoms with Crippen LogP contribution in [0.15, 0.2) is 36.4 Å². The van der Waals surface area contributed by atoms with Gasteiger partial charge in [-0.3, -0.25) is 0 Å². The molecule has 0 unspecified atom stereocenters. The van der Waals surface area contributed by atoms with Gasteiger partial charge in [-0.2, -0.15) is 0 Å². The van der Waals surface area contributed by atoms with Crippen LogP contribution < -0.4 is 14.6 Å². The number of rotatable bonds is 5. The molecule has 28 heavy (non-hydrogen) atoms. The Morgan fingerprint density at radius 1 is 1.04 bits per heavy atom. The zero-order chi connectivity index (χ0) is 20.6. The van der Waals surface area contributed by atoms with Crippen LogP contribution in [0.1, 0.15) is 16.7 Å². The van der Waals surface area contributed by atoms with Crippen molar-refractivity contribution in [2.45, 2.75) is 19.6 Å². The minimum Gasteiger partial charge on any atom is -0.504 e. The lowest BCUT2D eigenvalue weighted by Crippen LogP contribution is -2.16. The van der Waals surface area contributed by atoms with Crippen molar-refractivity contribution in [2.24, 2.45) is 5.14 Å². The summed E-state index contributed by atoms with van der Waals surface area (Å²) in [6.07, 6.45) is 0. The molecule has 3 N–H and O–H groups in total. The molecule has 0 amide bonds. The van der Waals surface area contributed by atoms with Crippen LogP contribution in [0.4, 0.5) is 0 Å². The number of benzene rings is 3. The van der Waals surface area contributed by atoms with Gasteiger partial charge in [0.2, 0.25) is 10.0 Å². The molecule has 0 fully saturated rings. The summed E-state index contributed by atoms with van der Waals surface area (Å²) in [7, 11) is -0.765. The molecule has 0 saturated heterocycles. The van der Waals surface area contributed by atoms with E-state index in [2.05, 4.69) is 0 Å². The summed E-state index contributed by atoms with van der Waals surface area (Å²) in [4.78, 5) is 0. The first-order chi connectivity index (χ1) is 13.2. The monoisotopic (exact) mass is 401 g/mol. The van der Waals surface area contributed by atoms with Gasteiger partial charge in [0.25, 0.3) is 0 Å². The van der Waals surface area contributed by atoms with Gasteiger partial charge >= 0.3 is 0 Å². The Bertz CT molecular complexity index is 1170. The first-order valence-corrected chi connectivity index (χ1v) is 10.4. The molecule has 0 aliphatic heterocycles. The van der Waals surface area contributed by atoms with Crippen molar-refractivity contribution in [3.05, 3.63) is 53.1 Å². The molecule has 0 aliphatic rings. The zero-order valence-electron chi connectivity index (χ0n) is 16.2. The highest BCUT2D eigenvalue weighted by Crippen LogP contribution is 2.47. The molecular formula is C21H23NO5S. The number of hydrogen-bond donors (Lipinski definition) is 2. The number of aromatic hydroxyl groups is 1. The number of methoxy groups -OCH3 is 2. The van der Waals surface area contributed by atoms with Crippen LogP contribution in [0.2, 0.25) is 0 Å². The Morgan fingerprint density at radius 3 is 2.32 bits per heavy atom. The minimum atomic E-state index is -3.80. The van der Waals surface area contributed by atoms with Gasteiger partial charge in [-0.05, 0) is 52.9 Å². The number of phenolic OH excluding ortho intramolecular Hbond substituents is 1. The van der Waals surface area contributed by atoms with Gasteiger partial charge in [-0.15, -0.1) is 0 Å². The predicted molar refractivity (Wildman–Crippen MR) is 110 cm³/mol. The van der Waals surface area contributed by atoms with E-state index in [0.717, 1.165) is 21.9 Å². The summed E-state index contributed by atoms with van der Waals surface area (Å²) in [5, 5.41) is 17.9. The van der Waals surface area contributed by atoms with E-state index >= 15 is 0 Å². The van der Waals surface area contributed by atoms with Gasteiger partial charge in [-0.25, -0.2) is 13.6 Å². The van der Waals surface area contributed by atoms with Crippen molar-refractivity contribution in [3.8, 4) is 28.4 Å². The van der Waals surface area contributed by atoms with Gasteiger partial charge in [0.15, 0.2) is 11.5 Å². The molecule has 0 spiro atoms. The van der Waals surface area contributed by atoms with E-state index in [-0.39, 0.29) is 11.5 Å². The van der Waals surface area contributed by atoms with Crippen molar-refractivity contribution in [1.29, 1.82) is 0 Å². The highest BCUT2D eigenvalue weighted by molar-refractivity contribution is 7.88. The van der Waals surface area contributed by atoms with Crippen molar-refractivity contribution in [3.63, 3.8) is 0 Å². The Labute approximate surface area is 164 Å². The van der Waals surface area contributed by atoms with Crippen LogP contribution >= 0.6 is 0 Å². The molecule has 7 heteroatoms. The maximum Gasteiger partial charge on any atom is 0.213 e. The SMILES string of the molecule is COc1cc2ccccc2c(-c2c(CS(N)(=O)=O)cc(C)c(OC)c2C)c1O. The number of primary sulfonamides is 1. The molecular weight excluding hydrogens is 378 g/mol. The fourth-order valence-corrected chi connectivity index (χ4v) is 4.42. The van der Waals surface area contributed by atoms with Crippen LogP contribution in [0, 0.1) is 13.8 Å². The van der Waals surface area contributed by atoms with Gasteiger partial charge in [0.05, 0.1) is 20.0 Å². The van der Waals surface area contributed by atoms with Crippen molar-refractivity contribution in [1.82, 2.24) is 0 Å². The zero-order valence-corrected chi connectivity index (χ0v) is 17.1. The van der Waals surface area contributed by atoms with Crippen LogP contribution in [0.3, 0.4) is 0 Å². The minimum absolute atomic E-state index is 0.0640. The molecule has 0 radical (unpaired) electrons. The number of sulfonamides is 1. The van der Waals surface area contributed by atoms with Crippen LogP contribution in [0.5, 0.6) is 17.2 Å². The molecule has 0 bridgehead atoms. The number of phenols is 1. The standard InChI is InChI=1S/C21H23NO5S/c1-12-9-15(11-28(22,24)25)18(13(2)21(12)27-4)19-16-8-6-5-7-14(16)10-17(26-3)20(19)23/h5-10,23H,11H2,1-4H3,(H2,22,24,25). The maximum atomic E-state index is 11.9. The normalized spacial score (nSPS) is 11.6. The van der Waals surface area contributed by atoms with E-state index in [9.17, 15) is 13.5 Å². The second-order valence-electron chi connectivity index (χ2n) is 6.72. The van der Waals surface area contributed by atoms with E-state index < -0.39 is 10.0 Å². The smallest absolute Gasteiger partial charge is 0.213 e. The maximum absolute atomic E-state index is 11.9. The largest absolute Gasteiger partial charge is 0.504 e. The Balaban J connectivity index is 2.52. The van der Waals surface area contributed by atoms with E-state index in [1.807, 2.05) is 38.1 Å². The van der Waals surface area contributed by atoms with E-state index in [4.69, 9.17) is 14.6 Å². The number of fused-ring (bicyclic) bond motifs is 1. The number of nitrogens with two attached hydrogens (primary N) is 1. The quantitative estimate of drug-likeness (QED) is 0.680. The molecule has 3 rings (SSSR count). The lowest BCUT2D eigenvalue weighted by Gasteiger charge is -2.21. The van der Waals surface area contributed by atoms with Gasteiger partial charge in [0.1, 0.15) is 5.75 Å². The summed E-state index contributed by atoms with van der Waals surface area (Å²) in [6.45, 7) is 3.67. The molecule has 3 aromatic rings. The Morgan fingerprint density at radius 2 is 1.71 bits per heavy atom. The van der Waals surface area contributed by atoms with Crippen LogP contribution in [-0.2, 0) is 15.8 Å². The van der Waals surface area contributed by atoms with Gasteiger partial charge in [0, 0.05) is 5.56 Å². The first-order valence-electron chi connectivity index (χ1n) is 8.64. The van der Waals surface area contributed by atoms with Crippen LogP contribution in [-0.4, -0.2) is 27.7 Å². The summed E-state index contributed by atoms with van der Waals surface area (Å²) in [5.74, 6) is 0.499. The van der Waals surface area contributed by atoms with E-state index in [1.165, 1.54) is 7.11 Å². The average Bonchev–Trinajstić information content (AvgIpc) is 2.61. The molecule has 6 nitrogen and oxygen atoms in total. The fourth-order valence-electron chi connectivity index (χ4n) is 3.76. The van der Waals surface area contributed by atoms with Crippen LogP contribution in [0.25, 0.3) is 21.9 Å². The molecule has 0 aliphatic carbocycles. The van der Waals surface area contributed by atoms with Crippen molar-refractivity contribution in [2.75, 3.05) is 14.2 Å². The lowest BCUT2D eigenvalue weighted by molar-refractivity contribution is 0.375. The predicted octanol–water partition coefficient (Wildman–Crippen LogP) is 3.63. The van der Waals surface area contributed by atoms with Gasteiger partial charge < -0.3 is 14.6 Å². The first kappa shape index (κ1) is 20.0. The molecule has 3 aromatic carbocycles. The number of ether oxygens (including phenoxy) is 2. The third-order valence-corrected chi connectivity index (χ3v) is 5.52. The van der Waals surface area contributed by atoms with Crippen molar-refractivity contribution >= 4 is 20.8 Å². The molecule has 0 atom stereocenters. The Hall–Kier alpha value is -2.77. The molecule has 0 aromatic heterocycles. The average molecular weight is 401 g/mol. The third kappa shape index (κ3) is 3.50. The fraction of sp³-hybridized carbons (Fsp3) is 0.238. The molecule has 0 heterocycles. The highest BCUT2D eigenvalue weighted by atomic mass is 32.2.